The first-order chi connectivity index (χ1) is 32.3. The molecule has 356 valence electrons. The highest BCUT2D eigenvalue weighted by atomic mass is 16.7. The van der Waals surface area contributed by atoms with Crippen molar-refractivity contribution in [1.29, 1.82) is 0 Å². The van der Waals surface area contributed by atoms with Gasteiger partial charge in [0.05, 0.1) is 10.8 Å². The van der Waals surface area contributed by atoms with Gasteiger partial charge < -0.3 is 55.3 Å². The van der Waals surface area contributed by atoms with E-state index in [2.05, 4.69) is 70.5 Å². The summed E-state index contributed by atoms with van der Waals surface area (Å²) < 4.78 is 25.7. The van der Waals surface area contributed by atoms with E-state index in [9.17, 15) is 24.0 Å². The summed E-state index contributed by atoms with van der Waals surface area (Å²) in [5, 5.41) is 11.2. The lowest BCUT2D eigenvalue weighted by Crippen LogP contribution is -2.35. The Balaban J connectivity index is 0.000000162. The van der Waals surface area contributed by atoms with Crippen molar-refractivity contribution in [2.75, 3.05) is 37.3 Å². The summed E-state index contributed by atoms with van der Waals surface area (Å²) in [6.45, 7) is 13.8. The van der Waals surface area contributed by atoms with Gasteiger partial charge in [0.25, 0.3) is 0 Å². The highest BCUT2D eigenvalue weighted by Crippen LogP contribution is 2.52. The molecule has 2 saturated carbocycles. The number of carbonyl (C=O) groups excluding carboxylic acids is 5. The summed E-state index contributed by atoms with van der Waals surface area (Å²) in [4.78, 5) is 64.2. The van der Waals surface area contributed by atoms with Crippen LogP contribution < -0.4 is 40.6 Å². The summed E-state index contributed by atoms with van der Waals surface area (Å²) in [5.41, 5.74) is 12.2. The molecule has 0 spiro atoms. The molecule has 0 saturated heterocycles. The van der Waals surface area contributed by atoms with Gasteiger partial charge in [-0.05, 0) is 110 Å². The molecule has 2 aromatic heterocycles. The fraction of sp³-hybridized carbons (Fsp3) is 0.365. The van der Waals surface area contributed by atoms with E-state index in [1.165, 1.54) is 20.8 Å². The second kappa shape index (κ2) is 18.4. The average Bonchev–Trinajstić information content (AvgIpc) is 3.99. The highest BCUT2D eigenvalue weighted by Gasteiger charge is 2.52. The van der Waals surface area contributed by atoms with Crippen LogP contribution in [0.1, 0.15) is 96.7 Å². The van der Waals surface area contributed by atoms with Crippen LogP contribution in [0.25, 0.3) is 21.8 Å². The number of rotatable bonds is 11. The minimum absolute atomic E-state index is 0.00235. The molecular formula is C52H58N6O10. The third kappa shape index (κ3) is 10.0. The topological polar surface area (TPSA) is 225 Å². The Morgan fingerprint density at radius 1 is 0.588 bits per heavy atom. The SMILES string of the molecule is CC(=O)NCC(C)(C)c1cc2cc(NC(=O)C3(c4ccc5c(c4)OCO5)CC3)ccc2[nH]1.CC(=O)OC(C)=O.CC(C)(CN)c1cc2cc(NC(=O)C3(c4ccc5c(c4)OCO5)CC3)ccc2[nH]1. The summed E-state index contributed by atoms with van der Waals surface area (Å²) >= 11 is 0. The number of aromatic nitrogens is 2. The molecule has 6 aromatic rings. The molecule has 0 radical (unpaired) electrons. The van der Waals surface area contributed by atoms with Crippen molar-refractivity contribution in [2.24, 2.45) is 5.73 Å². The first-order valence-electron chi connectivity index (χ1n) is 22.6. The van der Waals surface area contributed by atoms with Crippen LogP contribution in [0.2, 0.25) is 0 Å². The maximum atomic E-state index is 13.2. The van der Waals surface area contributed by atoms with Gasteiger partial charge in [0, 0.05) is 89.3 Å². The second-order valence-electron chi connectivity index (χ2n) is 19.1. The van der Waals surface area contributed by atoms with Gasteiger partial charge in [-0.25, -0.2) is 0 Å². The monoisotopic (exact) mass is 926 g/mol. The first kappa shape index (κ1) is 47.2. The Labute approximate surface area is 393 Å². The van der Waals surface area contributed by atoms with E-state index >= 15 is 0 Å². The Kier molecular flexibility index (Phi) is 12.8. The minimum atomic E-state index is -0.562. The van der Waals surface area contributed by atoms with Crippen molar-refractivity contribution in [3.8, 4) is 23.0 Å². The zero-order valence-electron chi connectivity index (χ0n) is 39.4. The second-order valence-corrected chi connectivity index (χ2v) is 19.1. The molecule has 2 aliphatic carbocycles. The summed E-state index contributed by atoms with van der Waals surface area (Å²) in [6.07, 6.45) is 3.29. The Bertz CT molecular complexity index is 2930. The lowest BCUT2D eigenvalue weighted by Gasteiger charge is -2.23. The lowest BCUT2D eigenvalue weighted by atomic mass is 9.89. The van der Waals surface area contributed by atoms with Crippen molar-refractivity contribution in [3.05, 3.63) is 107 Å². The number of hydrogen-bond acceptors (Lipinski definition) is 11. The predicted octanol–water partition coefficient (Wildman–Crippen LogP) is 7.88. The molecular weight excluding hydrogens is 869 g/mol. The van der Waals surface area contributed by atoms with Gasteiger partial charge in [0.1, 0.15) is 0 Å². The predicted molar refractivity (Wildman–Crippen MR) is 257 cm³/mol. The third-order valence-corrected chi connectivity index (χ3v) is 13.0. The van der Waals surface area contributed by atoms with Crippen molar-refractivity contribution in [3.63, 3.8) is 0 Å². The first-order valence-corrected chi connectivity index (χ1v) is 22.6. The van der Waals surface area contributed by atoms with Crippen LogP contribution in [0.3, 0.4) is 0 Å². The number of carbonyl (C=O) groups is 5. The fourth-order valence-corrected chi connectivity index (χ4v) is 8.34. The van der Waals surface area contributed by atoms with E-state index < -0.39 is 22.8 Å². The van der Waals surface area contributed by atoms with Crippen LogP contribution in [-0.2, 0) is 50.4 Å². The van der Waals surface area contributed by atoms with Crippen LogP contribution in [0.15, 0.2) is 84.9 Å². The Morgan fingerprint density at radius 2 is 1.01 bits per heavy atom. The van der Waals surface area contributed by atoms with E-state index in [0.717, 1.165) is 92.9 Å². The van der Waals surface area contributed by atoms with Crippen LogP contribution in [-0.4, -0.2) is 66.3 Å². The molecule has 4 heterocycles. The van der Waals surface area contributed by atoms with Crippen molar-refractivity contribution in [1.82, 2.24) is 15.3 Å². The molecule has 4 aromatic carbocycles. The van der Waals surface area contributed by atoms with Crippen LogP contribution in [0, 0.1) is 0 Å². The van der Waals surface area contributed by atoms with Gasteiger partial charge in [-0.1, -0.05) is 39.8 Å². The molecule has 3 amide bonds. The number of aromatic amines is 2. The van der Waals surface area contributed by atoms with Crippen LogP contribution >= 0.6 is 0 Å². The highest BCUT2D eigenvalue weighted by molar-refractivity contribution is 6.03. The number of benzene rings is 4. The quantitative estimate of drug-likeness (QED) is 0.0541. The van der Waals surface area contributed by atoms with Gasteiger partial charge >= 0.3 is 11.9 Å². The van der Waals surface area contributed by atoms with Gasteiger partial charge in [-0.2, -0.15) is 0 Å². The zero-order chi connectivity index (χ0) is 48.6. The molecule has 16 heteroatoms. The minimum Gasteiger partial charge on any atom is -0.454 e. The number of hydrogen-bond donors (Lipinski definition) is 6. The maximum absolute atomic E-state index is 13.2. The third-order valence-electron chi connectivity index (χ3n) is 13.0. The fourth-order valence-electron chi connectivity index (χ4n) is 8.34. The molecule has 2 fully saturated rings. The largest absolute Gasteiger partial charge is 0.454 e. The molecule has 0 atom stereocenters. The summed E-state index contributed by atoms with van der Waals surface area (Å²) in [5.74, 6) is 1.72. The number of esters is 2. The number of nitrogens with two attached hydrogens (primary N) is 1. The lowest BCUT2D eigenvalue weighted by molar-refractivity contribution is -0.156. The molecule has 4 aliphatic rings. The smallest absolute Gasteiger partial charge is 0.310 e. The molecule has 68 heavy (non-hydrogen) atoms. The molecule has 7 N–H and O–H groups in total. The summed E-state index contributed by atoms with van der Waals surface area (Å²) in [6, 6.07) is 27.6. The zero-order valence-corrected chi connectivity index (χ0v) is 39.4. The number of nitrogens with one attached hydrogen (secondary N) is 5. The number of fused-ring (bicyclic) bond motifs is 4. The number of ether oxygens (including phenoxy) is 5. The summed E-state index contributed by atoms with van der Waals surface area (Å²) in [7, 11) is 0. The molecule has 2 aliphatic heterocycles. The molecule has 10 rings (SSSR count). The van der Waals surface area contributed by atoms with Gasteiger partial charge in [-0.15, -0.1) is 0 Å². The molecule has 0 bridgehead atoms. The van der Waals surface area contributed by atoms with E-state index in [-0.39, 0.29) is 42.1 Å². The van der Waals surface area contributed by atoms with Gasteiger partial charge in [-0.3, -0.25) is 24.0 Å². The van der Waals surface area contributed by atoms with E-state index in [1.54, 1.807) is 0 Å². The van der Waals surface area contributed by atoms with E-state index in [0.29, 0.717) is 24.6 Å². The molecule has 0 unspecified atom stereocenters. The number of amides is 3. The van der Waals surface area contributed by atoms with Crippen molar-refractivity contribution in [2.45, 2.75) is 95.8 Å². The molecule has 16 nitrogen and oxygen atoms in total. The van der Waals surface area contributed by atoms with Crippen LogP contribution in [0.4, 0.5) is 11.4 Å². The Morgan fingerprint density at radius 3 is 1.40 bits per heavy atom. The maximum Gasteiger partial charge on any atom is 0.310 e. The number of anilines is 2. The normalized spacial score (nSPS) is 15.5. The van der Waals surface area contributed by atoms with Gasteiger partial charge in [0.15, 0.2) is 23.0 Å². The van der Waals surface area contributed by atoms with E-state index in [4.69, 9.17) is 24.7 Å². The number of H-pyrrole nitrogens is 2. The van der Waals surface area contributed by atoms with Gasteiger partial charge in [0.2, 0.25) is 31.3 Å². The van der Waals surface area contributed by atoms with E-state index in [1.807, 2.05) is 72.8 Å². The van der Waals surface area contributed by atoms with Crippen LogP contribution in [0.5, 0.6) is 23.0 Å². The Hall–Kier alpha value is -7.33. The van der Waals surface area contributed by atoms with Crippen molar-refractivity contribution < 1.29 is 47.7 Å². The average molecular weight is 927 g/mol. The van der Waals surface area contributed by atoms with Crippen molar-refractivity contribution >= 4 is 62.8 Å². The standard InChI is InChI=1S/C25H27N3O4.C23H25N3O3.C4H6O3/c1-15(29)26-13-24(2,3)22-11-16-10-18(5-6-19(16)28-22)27-23(30)25(8-9-25)17-4-7-20-21(12-17)32-14-31-20;1-22(2,12-24)20-10-14-9-16(4-5-17(14)26-20)25-21(27)23(7-8-23)15-3-6-18-19(11-15)29-13-28-18;1-3(5)7-4(2)6/h4-7,10-12,28H,8-9,13-14H2,1-3H3,(H,26,29)(H,27,30);3-6,9-11,26H,7-8,12-13,24H2,1-2H3,(H,25,27);1-2H3.